The van der Waals surface area contributed by atoms with Crippen molar-refractivity contribution >= 4 is 28.8 Å². The number of benzene rings is 2. The van der Waals surface area contributed by atoms with Crippen LogP contribution in [0.1, 0.15) is 18.4 Å². The third kappa shape index (κ3) is 4.52. The van der Waals surface area contributed by atoms with E-state index in [9.17, 15) is 14.4 Å². The molecule has 0 saturated heterocycles. The van der Waals surface area contributed by atoms with Crippen LogP contribution >= 0.6 is 11.8 Å². The highest BCUT2D eigenvalue weighted by atomic mass is 32.2. The van der Waals surface area contributed by atoms with Gasteiger partial charge in [0, 0.05) is 5.56 Å². The van der Waals surface area contributed by atoms with Crippen molar-refractivity contribution in [1.29, 1.82) is 5.26 Å². The highest BCUT2D eigenvalue weighted by Gasteiger charge is 2.38. The Labute approximate surface area is 193 Å². The summed E-state index contributed by atoms with van der Waals surface area (Å²) in [5, 5.41) is 10.3. The molecular formula is C24H19FN4O3S. The minimum absolute atomic E-state index is 0.0361. The summed E-state index contributed by atoms with van der Waals surface area (Å²) < 4.78 is 25.7. The van der Waals surface area contributed by atoms with Gasteiger partial charge in [0.15, 0.2) is 0 Å². The quantitative estimate of drug-likeness (QED) is 0.429. The van der Waals surface area contributed by atoms with Gasteiger partial charge >= 0.3 is 5.97 Å². The zero-order valence-electron chi connectivity index (χ0n) is 17.6. The van der Waals surface area contributed by atoms with Crippen LogP contribution in [-0.2, 0) is 14.3 Å². The van der Waals surface area contributed by atoms with E-state index in [4.69, 9.17) is 15.2 Å². The normalized spacial score (nSPS) is 15.8. The van der Waals surface area contributed by atoms with E-state index in [2.05, 4.69) is 9.97 Å². The first-order valence-electron chi connectivity index (χ1n) is 10.1. The molecule has 1 aromatic heterocycles. The van der Waals surface area contributed by atoms with E-state index in [0.717, 1.165) is 11.0 Å². The molecule has 3 aromatic rings. The molecule has 0 radical (unpaired) electrons. The molecular weight excluding hydrogens is 443 g/mol. The van der Waals surface area contributed by atoms with Gasteiger partial charge < -0.3 is 15.2 Å². The molecule has 9 heteroatoms. The van der Waals surface area contributed by atoms with E-state index in [-0.39, 0.29) is 40.7 Å². The molecule has 33 heavy (non-hydrogen) atoms. The van der Waals surface area contributed by atoms with Gasteiger partial charge in [-0.2, -0.15) is 5.26 Å². The van der Waals surface area contributed by atoms with Gasteiger partial charge in [0.25, 0.3) is 0 Å². The number of hydrogen-bond donors (Lipinski definition) is 1. The lowest BCUT2D eigenvalue weighted by molar-refractivity contribution is -0.139. The lowest BCUT2D eigenvalue weighted by Gasteiger charge is -2.28. The van der Waals surface area contributed by atoms with E-state index in [1.807, 2.05) is 30.3 Å². The number of nitriles is 1. The van der Waals surface area contributed by atoms with E-state index >= 15 is 0 Å². The number of para-hydroxylation sites is 2. The van der Waals surface area contributed by atoms with Crippen molar-refractivity contribution in [3.8, 4) is 6.07 Å². The third-order valence-corrected chi connectivity index (χ3v) is 5.88. The SMILES string of the molecule is CCOC(=O)C1=C(CSc2cnc3ccccc3n2)OC(N)=C(C#N)[C@H]1c1ccccc1F. The Bertz CT molecular complexity index is 1330. The van der Waals surface area contributed by atoms with Gasteiger partial charge in [0.2, 0.25) is 5.88 Å². The lowest BCUT2D eigenvalue weighted by atomic mass is 9.83. The van der Waals surface area contributed by atoms with Crippen LogP contribution in [0.15, 0.2) is 82.5 Å². The highest BCUT2D eigenvalue weighted by Crippen LogP contribution is 2.41. The molecule has 2 aromatic carbocycles. The molecule has 0 aliphatic carbocycles. The summed E-state index contributed by atoms with van der Waals surface area (Å²) in [6.45, 7) is 1.76. The number of nitrogens with zero attached hydrogens (tertiary/aromatic N) is 3. The molecule has 1 aliphatic heterocycles. The predicted molar refractivity (Wildman–Crippen MR) is 121 cm³/mol. The molecule has 0 bridgehead atoms. The molecule has 2 heterocycles. The summed E-state index contributed by atoms with van der Waals surface area (Å²) in [5.74, 6) is -2.18. The summed E-state index contributed by atoms with van der Waals surface area (Å²) in [5.41, 5.74) is 7.63. The van der Waals surface area contributed by atoms with Crippen LogP contribution in [-0.4, -0.2) is 28.3 Å². The van der Waals surface area contributed by atoms with Crippen molar-refractivity contribution in [2.45, 2.75) is 17.9 Å². The molecule has 1 atom stereocenters. The molecule has 166 valence electrons. The zero-order chi connectivity index (χ0) is 23.4. The van der Waals surface area contributed by atoms with Crippen molar-refractivity contribution in [2.75, 3.05) is 12.4 Å². The summed E-state index contributed by atoms with van der Waals surface area (Å²) >= 11 is 1.27. The first-order chi connectivity index (χ1) is 16.0. The summed E-state index contributed by atoms with van der Waals surface area (Å²) in [6, 6.07) is 15.3. The third-order valence-electron chi connectivity index (χ3n) is 4.99. The maximum Gasteiger partial charge on any atom is 0.338 e. The second-order valence-corrected chi connectivity index (χ2v) is 7.98. The van der Waals surface area contributed by atoms with Crippen molar-refractivity contribution in [3.63, 3.8) is 0 Å². The minimum Gasteiger partial charge on any atom is -0.463 e. The van der Waals surface area contributed by atoms with E-state index in [1.165, 1.54) is 30.0 Å². The van der Waals surface area contributed by atoms with Crippen LogP contribution in [0.4, 0.5) is 4.39 Å². The molecule has 0 spiro atoms. The van der Waals surface area contributed by atoms with Gasteiger partial charge in [0.1, 0.15) is 28.2 Å². The first kappa shape index (κ1) is 22.3. The summed E-state index contributed by atoms with van der Waals surface area (Å²) in [7, 11) is 0. The van der Waals surface area contributed by atoms with Gasteiger partial charge in [-0.1, -0.05) is 42.1 Å². The monoisotopic (exact) mass is 462 g/mol. The number of allylic oxidation sites excluding steroid dienone is 1. The Morgan fingerprint density at radius 3 is 2.70 bits per heavy atom. The average molecular weight is 463 g/mol. The Kier molecular flexibility index (Phi) is 6.56. The van der Waals surface area contributed by atoms with Crippen molar-refractivity contribution in [3.05, 3.63) is 88.9 Å². The maximum absolute atomic E-state index is 14.7. The number of nitrogens with two attached hydrogens (primary N) is 1. The molecule has 7 nitrogen and oxygen atoms in total. The maximum atomic E-state index is 14.7. The van der Waals surface area contributed by atoms with Crippen molar-refractivity contribution in [2.24, 2.45) is 5.73 Å². The van der Waals surface area contributed by atoms with E-state index in [1.54, 1.807) is 19.2 Å². The van der Waals surface area contributed by atoms with Crippen molar-refractivity contribution < 1.29 is 18.7 Å². The summed E-state index contributed by atoms with van der Waals surface area (Å²) in [4.78, 5) is 21.9. The smallest absolute Gasteiger partial charge is 0.338 e. The number of carbonyl (C=O) groups is 1. The van der Waals surface area contributed by atoms with Crippen LogP contribution in [0.3, 0.4) is 0 Å². The van der Waals surface area contributed by atoms with E-state index < -0.39 is 17.7 Å². The average Bonchev–Trinajstić information content (AvgIpc) is 2.82. The number of halogens is 1. The second-order valence-electron chi connectivity index (χ2n) is 6.99. The topological polar surface area (TPSA) is 111 Å². The number of thioether (sulfide) groups is 1. The lowest BCUT2D eigenvalue weighted by Crippen LogP contribution is -2.27. The fourth-order valence-corrected chi connectivity index (χ4v) is 4.31. The first-order valence-corrected chi connectivity index (χ1v) is 11.1. The molecule has 0 unspecified atom stereocenters. The van der Waals surface area contributed by atoms with Gasteiger partial charge in [-0.15, -0.1) is 0 Å². The predicted octanol–water partition coefficient (Wildman–Crippen LogP) is 4.19. The van der Waals surface area contributed by atoms with Gasteiger partial charge in [-0.25, -0.2) is 14.2 Å². The number of hydrogen-bond acceptors (Lipinski definition) is 8. The zero-order valence-corrected chi connectivity index (χ0v) is 18.4. The minimum atomic E-state index is -1.05. The molecule has 0 saturated carbocycles. The van der Waals surface area contributed by atoms with Crippen LogP contribution in [0.2, 0.25) is 0 Å². The Morgan fingerprint density at radius 1 is 1.24 bits per heavy atom. The summed E-state index contributed by atoms with van der Waals surface area (Å²) in [6.07, 6.45) is 1.62. The van der Waals surface area contributed by atoms with Crippen LogP contribution < -0.4 is 5.73 Å². The van der Waals surface area contributed by atoms with E-state index in [0.29, 0.717) is 5.03 Å². The molecule has 2 N–H and O–H groups in total. The number of fused-ring (bicyclic) bond motifs is 1. The fourth-order valence-electron chi connectivity index (χ4n) is 3.53. The Hall–Kier alpha value is -3.90. The standard InChI is InChI=1S/C24H19FN4O3S/c1-2-31-24(30)22-19(13-33-20-12-28-17-9-5-6-10-18(17)29-20)32-23(27)15(11-26)21(22)14-7-3-4-8-16(14)25/h3-10,12,21H,2,13,27H2,1H3/t21-/m1/s1. The van der Waals surface area contributed by atoms with Gasteiger partial charge in [-0.05, 0) is 25.1 Å². The van der Waals surface area contributed by atoms with Crippen LogP contribution in [0.5, 0.6) is 0 Å². The fraction of sp³-hybridized carbons (Fsp3) is 0.167. The van der Waals surface area contributed by atoms with Crippen LogP contribution in [0.25, 0.3) is 11.0 Å². The Balaban J connectivity index is 1.76. The molecule has 0 fully saturated rings. The Morgan fingerprint density at radius 2 is 1.97 bits per heavy atom. The largest absolute Gasteiger partial charge is 0.463 e. The number of rotatable bonds is 6. The molecule has 4 rings (SSSR count). The molecule has 0 amide bonds. The van der Waals surface area contributed by atoms with Crippen molar-refractivity contribution in [1.82, 2.24) is 9.97 Å². The number of ether oxygens (including phenoxy) is 2. The number of esters is 1. The molecule has 1 aliphatic rings. The number of aromatic nitrogens is 2. The van der Waals surface area contributed by atoms with Crippen LogP contribution in [0, 0.1) is 17.1 Å². The second kappa shape index (κ2) is 9.71. The van der Waals surface area contributed by atoms with Gasteiger partial charge in [-0.3, -0.25) is 4.98 Å². The number of carbonyl (C=O) groups excluding carboxylic acids is 1. The van der Waals surface area contributed by atoms with Gasteiger partial charge in [0.05, 0.1) is 41.1 Å². The highest BCUT2D eigenvalue weighted by molar-refractivity contribution is 7.99.